The predicted molar refractivity (Wildman–Crippen MR) is 132 cm³/mol. The highest BCUT2D eigenvalue weighted by Crippen LogP contribution is 2.31. The van der Waals surface area contributed by atoms with Crippen molar-refractivity contribution >= 4 is 28.2 Å². The number of ether oxygens (including phenoxy) is 3. The molecule has 4 aromatic rings. The molecule has 2 aromatic heterocycles. The zero-order valence-corrected chi connectivity index (χ0v) is 19.7. The molecule has 0 amide bonds. The Labute approximate surface area is 202 Å². The molecule has 1 fully saturated rings. The summed E-state index contributed by atoms with van der Waals surface area (Å²) in [5.41, 5.74) is 3.82. The zero-order chi connectivity index (χ0) is 23.3. The molecule has 0 unspecified atom stereocenters. The maximum Gasteiger partial charge on any atom is 0.161 e. The van der Waals surface area contributed by atoms with Crippen LogP contribution < -0.4 is 14.4 Å². The van der Waals surface area contributed by atoms with E-state index in [4.69, 9.17) is 19.2 Å². The Morgan fingerprint density at radius 1 is 1.15 bits per heavy atom. The summed E-state index contributed by atoms with van der Waals surface area (Å²) in [6.07, 6.45) is 2.35. The van der Waals surface area contributed by atoms with Crippen LogP contribution in [0.25, 0.3) is 11.0 Å². The van der Waals surface area contributed by atoms with E-state index in [2.05, 4.69) is 16.0 Å². The molecular weight excluding hydrogens is 448 g/mol. The van der Waals surface area contributed by atoms with Gasteiger partial charge in [0.05, 0.1) is 37.6 Å². The number of fused-ring (bicyclic) bond motifs is 1. The fourth-order valence-corrected chi connectivity index (χ4v) is 4.65. The van der Waals surface area contributed by atoms with Gasteiger partial charge in [0.2, 0.25) is 0 Å². The molecule has 0 N–H and O–H groups in total. The number of anilines is 1. The fourth-order valence-electron chi connectivity index (χ4n) is 4.03. The molecule has 1 aliphatic rings. The average molecular weight is 473 g/mol. The van der Waals surface area contributed by atoms with Gasteiger partial charge in [0.25, 0.3) is 0 Å². The summed E-state index contributed by atoms with van der Waals surface area (Å²) in [4.78, 5) is 12.7. The van der Waals surface area contributed by atoms with Gasteiger partial charge in [-0.3, -0.25) is 4.98 Å². The van der Waals surface area contributed by atoms with Crippen molar-refractivity contribution in [2.24, 2.45) is 0 Å². The molecule has 0 saturated carbocycles. The Balaban J connectivity index is 1.41. The molecule has 1 saturated heterocycles. The van der Waals surface area contributed by atoms with E-state index >= 15 is 0 Å². The summed E-state index contributed by atoms with van der Waals surface area (Å²) in [6, 6.07) is 16.2. The van der Waals surface area contributed by atoms with Crippen LogP contribution in [-0.2, 0) is 17.8 Å². The highest BCUT2D eigenvalue weighted by atomic mass is 32.1. The van der Waals surface area contributed by atoms with E-state index in [0.717, 1.165) is 34.9 Å². The van der Waals surface area contributed by atoms with Crippen LogP contribution in [-0.4, -0.2) is 43.4 Å². The quantitative estimate of drug-likeness (QED) is 0.389. The van der Waals surface area contributed by atoms with Gasteiger partial charge in [-0.25, -0.2) is 4.98 Å². The number of nitrogens with zero attached hydrogens (tertiary/aromatic N) is 4. The number of hydrogen-bond donors (Lipinski definition) is 0. The van der Waals surface area contributed by atoms with Gasteiger partial charge in [-0.1, -0.05) is 18.2 Å². The monoisotopic (exact) mass is 472 g/mol. The minimum absolute atomic E-state index is 0.501. The molecule has 2 aromatic carbocycles. The lowest BCUT2D eigenvalue weighted by Gasteiger charge is -2.27. The van der Waals surface area contributed by atoms with Crippen molar-refractivity contribution in [3.05, 3.63) is 75.6 Å². The number of hydrogen-bond acceptors (Lipinski definition) is 8. The number of morpholine rings is 1. The molecule has 3 heterocycles. The lowest BCUT2D eigenvalue weighted by atomic mass is 9.98. The second-order valence-corrected chi connectivity index (χ2v) is 8.97. The van der Waals surface area contributed by atoms with Gasteiger partial charge < -0.3 is 19.1 Å². The molecule has 34 heavy (non-hydrogen) atoms. The molecule has 0 spiro atoms. The van der Waals surface area contributed by atoms with Gasteiger partial charge in [-0.15, -0.1) is 11.3 Å². The second-order valence-electron chi connectivity index (χ2n) is 7.94. The number of methoxy groups -OCH3 is 1. The van der Waals surface area contributed by atoms with Crippen LogP contribution in [0.15, 0.2) is 54.0 Å². The van der Waals surface area contributed by atoms with E-state index in [0.29, 0.717) is 54.3 Å². The standard InChI is InChI=1S/C26H24N4O3S/c1-31-24-14-18(4-7-23(24)33-17-20-3-2-12-34-20)13-19-5-6-22-26(21(19)15-27)29-25(16-28-22)30-8-10-32-11-9-30/h2-7,12,14,16H,8-11,13,17H2,1H3. The first-order chi connectivity index (χ1) is 16.7. The Hall–Kier alpha value is -3.67. The summed E-state index contributed by atoms with van der Waals surface area (Å²) in [5.74, 6) is 2.14. The van der Waals surface area contributed by atoms with Crippen LogP contribution in [0.5, 0.6) is 11.5 Å². The number of nitriles is 1. The number of thiophene rings is 1. The average Bonchev–Trinajstić information content (AvgIpc) is 3.41. The Morgan fingerprint density at radius 2 is 2.03 bits per heavy atom. The smallest absolute Gasteiger partial charge is 0.161 e. The van der Waals surface area contributed by atoms with Crippen molar-refractivity contribution in [2.75, 3.05) is 38.3 Å². The molecule has 5 rings (SSSR count). The van der Waals surface area contributed by atoms with Gasteiger partial charge in [-0.05, 0) is 47.2 Å². The molecule has 8 heteroatoms. The van der Waals surface area contributed by atoms with Crippen molar-refractivity contribution in [2.45, 2.75) is 13.0 Å². The summed E-state index contributed by atoms with van der Waals surface area (Å²) in [6.45, 7) is 3.37. The first-order valence-corrected chi connectivity index (χ1v) is 12.0. The number of aromatic nitrogens is 2. The van der Waals surface area contributed by atoms with E-state index < -0.39 is 0 Å². The lowest BCUT2D eigenvalue weighted by Crippen LogP contribution is -2.36. The lowest BCUT2D eigenvalue weighted by molar-refractivity contribution is 0.122. The summed E-state index contributed by atoms with van der Waals surface area (Å²) >= 11 is 1.66. The summed E-state index contributed by atoms with van der Waals surface area (Å²) in [7, 11) is 1.64. The molecule has 0 atom stereocenters. The van der Waals surface area contributed by atoms with E-state index in [-0.39, 0.29) is 0 Å². The minimum atomic E-state index is 0.501. The maximum atomic E-state index is 10.0. The first-order valence-electron chi connectivity index (χ1n) is 11.1. The Bertz CT molecular complexity index is 1330. The molecule has 0 radical (unpaired) electrons. The largest absolute Gasteiger partial charge is 0.493 e. The number of rotatable bonds is 7. The van der Waals surface area contributed by atoms with Crippen molar-refractivity contribution in [1.82, 2.24) is 9.97 Å². The third-order valence-electron chi connectivity index (χ3n) is 5.81. The van der Waals surface area contributed by atoms with Crippen LogP contribution >= 0.6 is 11.3 Å². The molecule has 7 nitrogen and oxygen atoms in total. The van der Waals surface area contributed by atoms with Crippen LogP contribution in [0.1, 0.15) is 21.6 Å². The van der Waals surface area contributed by atoms with Gasteiger partial charge in [0.1, 0.15) is 24.0 Å². The van der Waals surface area contributed by atoms with Crippen molar-refractivity contribution in [3.8, 4) is 17.6 Å². The first kappa shape index (κ1) is 22.1. The van der Waals surface area contributed by atoms with E-state index in [1.165, 1.54) is 0 Å². The highest BCUT2D eigenvalue weighted by molar-refractivity contribution is 7.09. The normalized spacial score (nSPS) is 13.6. The Morgan fingerprint density at radius 3 is 2.79 bits per heavy atom. The van der Waals surface area contributed by atoms with Gasteiger partial charge >= 0.3 is 0 Å². The van der Waals surface area contributed by atoms with Crippen LogP contribution in [0, 0.1) is 11.3 Å². The predicted octanol–water partition coefficient (Wildman–Crippen LogP) is 4.58. The van der Waals surface area contributed by atoms with Crippen LogP contribution in [0.4, 0.5) is 5.82 Å². The zero-order valence-electron chi connectivity index (χ0n) is 18.9. The second kappa shape index (κ2) is 10.1. The van der Waals surface area contributed by atoms with Crippen molar-refractivity contribution in [1.29, 1.82) is 5.26 Å². The van der Waals surface area contributed by atoms with Crippen LogP contribution in [0.2, 0.25) is 0 Å². The highest BCUT2D eigenvalue weighted by Gasteiger charge is 2.17. The van der Waals surface area contributed by atoms with Gasteiger partial charge in [0, 0.05) is 18.0 Å². The fraction of sp³-hybridized carbons (Fsp3) is 0.269. The summed E-state index contributed by atoms with van der Waals surface area (Å²) < 4.78 is 17.0. The minimum Gasteiger partial charge on any atom is -0.493 e. The maximum absolute atomic E-state index is 10.0. The molecule has 0 aliphatic carbocycles. The van der Waals surface area contributed by atoms with Crippen LogP contribution in [0.3, 0.4) is 0 Å². The molecule has 0 bridgehead atoms. The summed E-state index contributed by atoms with van der Waals surface area (Å²) in [5, 5.41) is 12.0. The number of benzene rings is 2. The van der Waals surface area contributed by atoms with Crippen molar-refractivity contribution < 1.29 is 14.2 Å². The third-order valence-corrected chi connectivity index (χ3v) is 6.66. The third kappa shape index (κ3) is 4.67. The SMILES string of the molecule is COc1cc(Cc2ccc3ncc(N4CCOCC4)nc3c2C#N)ccc1OCc1cccs1. The Kier molecular flexibility index (Phi) is 6.56. The van der Waals surface area contributed by atoms with E-state index in [9.17, 15) is 5.26 Å². The van der Waals surface area contributed by atoms with Gasteiger partial charge in [0.15, 0.2) is 11.5 Å². The molecular formula is C26H24N4O3S. The van der Waals surface area contributed by atoms with Crippen molar-refractivity contribution in [3.63, 3.8) is 0 Å². The molecule has 172 valence electrons. The van der Waals surface area contributed by atoms with E-state index in [1.54, 1.807) is 24.6 Å². The van der Waals surface area contributed by atoms with Gasteiger partial charge in [-0.2, -0.15) is 5.26 Å². The molecule has 1 aliphatic heterocycles. The van der Waals surface area contributed by atoms with E-state index in [1.807, 2.05) is 47.8 Å². The topological polar surface area (TPSA) is 80.5 Å².